The summed E-state index contributed by atoms with van der Waals surface area (Å²) in [5.74, 6) is -0.229. The van der Waals surface area contributed by atoms with Crippen molar-refractivity contribution >= 4 is 34.0 Å². The fourth-order valence-electron chi connectivity index (χ4n) is 2.33. The van der Waals surface area contributed by atoms with Gasteiger partial charge in [0.15, 0.2) is 5.13 Å². The minimum Gasteiger partial charge on any atom is -0.469 e. The Kier molecular flexibility index (Phi) is 5.43. The molecule has 3 aromatic rings. The Labute approximate surface area is 153 Å². The number of furan rings is 1. The number of nitrogens with zero attached hydrogens (tertiary/aromatic N) is 1. The summed E-state index contributed by atoms with van der Waals surface area (Å²) in [6.07, 6.45) is 2.32. The molecule has 0 atom stereocenters. The molecule has 2 heterocycles. The van der Waals surface area contributed by atoms with Crippen LogP contribution in [0.4, 0.5) is 15.2 Å². The summed E-state index contributed by atoms with van der Waals surface area (Å²) in [5.41, 5.74) is 1.09. The molecule has 0 spiro atoms. The first-order chi connectivity index (χ1) is 12.5. The van der Waals surface area contributed by atoms with Gasteiger partial charge in [-0.25, -0.2) is 9.37 Å². The van der Waals surface area contributed by atoms with Gasteiger partial charge in [-0.3, -0.25) is 9.59 Å². The molecule has 1 aromatic carbocycles. The molecule has 0 saturated carbocycles. The quantitative estimate of drug-likeness (QED) is 0.682. The number of aryl methyl sites for hydroxylation is 1. The second-order valence-corrected chi connectivity index (χ2v) is 6.40. The lowest BCUT2D eigenvalue weighted by Gasteiger charge is -2.05. The number of carbonyl (C=O) groups is 2. The van der Waals surface area contributed by atoms with E-state index in [0.29, 0.717) is 28.5 Å². The van der Waals surface area contributed by atoms with E-state index in [9.17, 15) is 14.0 Å². The fraction of sp³-hybridized carbons (Fsp3) is 0.167. The topological polar surface area (TPSA) is 84.2 Å². The first-order valence-electron chi connectivity index (χ1n) is 7.86. The molecule has 0 aliphatic rings. The number of hydrogen-bond acceptors (Lipinski definition) is 5. The van der Waals surface area contributed by atoms with Gasteiger partial charge in [0.1, 0.15) is 11.6 Å². The van der Waals surface area contributed by atoms with Crippen molar-refractivity contribution in [3.8, 4) is 11.3 Å². The van der Waals surface area contributed by atoms with E-state index < -0.39 is 5.82 Å². The number of hydrogen-bond donors (Lipinski definition) is 2. The highest BCUT2D eigenvalue weighted by molar-refractivity contribution is 7.14. The summed E-state index contributed by atoms with van der Waals surface area (Å²) >= 11 is 1.22. The monoisotopic (exact) mass is 373 g/mol. The summed E-state index contributed by atoms with van der Waals surface area (Å²) in [7, 11) is 0. The van der Waals surface area contributed by atoms with Crippen LogP contribution in [0.3, 0.4) is 0 Å². The predicted molar refractivity (Wildman–Crippen MR) is 97.5 cm³/mol. The number of nitrogens with one attached hydrogen (secondary N) is 2. The second kappa shape index (κ2) is 7.92. The lowest BCUT2D eigenvalue weighted by Crippen LogP contribution is -2.11. The number of anilines is 2. The van der Waals surface area contributed by atoms with Crippen molar-refractivity contribution in [2.45, 2.75) is 19.8 Å². The molecule has 6 nitrogen and oxygen atoms in total. The standard InChI is InChI=1S/C18H16FN3O3S/c1-11(23)20-12-4-6-14(15(19)9-12)16-10-26-18(21-16)22-17(24)7-5-13-3-2-8-25-13/h2-4,6,8-10H,5,7H2,1H3,(H,20,23)(H,21,22,24). The van der Waals surface area contributed by atoms with Crippen molar-refractivity contribution in [2.24, 2.45) is 0 Å². The molecule has 2 amide bonds. The third-order valence-corrected chi connectivity index (χ3v) is 4.25. The maximum absolute atomic E-state index is 14.3. The summed E-state index contributed by atoms with van der Waals surface area (Å²) in [6, 6.07) is 7.95. The fourth-order valence-corrected chi connectivity index (χ4v) is 3.06. The van der Waals surface area contributed by atoms with E-state index in [0.717, 1.165) is 5.76 Å². The zero-order valence-electron chi connectivity index (χ0n) is 13.9. The van der Waals surface area contributed by atoms with E-state index in [-0.39, 0.29) is 18.2 Å². The Morgan fingerprint density at radius 3 is 2.81 bits per heavy atom. The molecule has 0 radical (unpaired) electrons. The molecule has 0 saturated heterocycles. The van der Waals surface area contributed by atoms with Gasteiger partial charge in [0.05, 0.1) is 12.0 Å². The smallest absolute Gasteiger partial charge is 0.226 e. The van der Waals surface area contributed by atoms with Crippen LogP contribution in [0.15, 0.2) is 46.4 Å². The Balaban J connectivity index is 1.63. The number of halogens is 1. The van der Waals surface area contributed by atoms with Crippen LogP contribution in [0, 0.1) is 5.82 Å². The third kappa shape index (κ3) is 4.54. The van der Waals surface area contributed by atoms with Gasteiger partial charge < -0.3 is 15.1 Å². The number of rotatable bonds is 6. The minimum atomic E-state index is -0.503. The third-order valence-electron chi connectivity index (χ3n) is 3.49. The highest BCUT2D eigenvalue weighted by atomic mass is 32.1. The van der Waals surface area contributed by atoms with E-state index in [4.69, 9.17) is 4.42 Å². The zero-order valence-corrected chi connectivity index (χ0v) is 14.7. The largest absolute Gasteiger partial charge is 0.469 e. The predicted octanol–water partition coefficient (Wildman–Crippen LogP) is 4.07. The van der Waals surface area contributed by atoms with Crippen LogP contribution < -0.4 is 10.6 Å². The van der Waals surface area contributed by atoms with Crippen molar-refractivity contribution < 1.29 is 18.4 Å². The average molecular weight is 373 g/mol. The lowest BCUT2D eigenvalue weighted by atomic mass is 10.1. The van der Waals surface area contributed by atoms with Crippen LogP contribution in [-0.4, -0.2) is 16.8 Å². The van der Waals surface area contributed by atoms with Gasteiger partial charge in [-0.1, -0.05) is 0 Å². The van der Waals surface area contributed by atoms with Gasteiger partial charge in [-0.15, -0.1) is 11.3 Å². The summed E-state index contributed by atoms with van der Waals surface area (Å²) < 4.78 is 19.4. The summed E-state index contributed by atoms with van der Waals surface area (Å²) in [5, 5.41) is 7.28. The molecule has 134 valence electrons. The Bertz CT molecular complexity index is 922. The number of aromatic nitrogens is 1. The molecule has 0 fully saturated rings. The van der Waals surface area contributed by atoms with E-state index in [1.165, 1.54) is 30.4 Å². The first kappa shape index (κ1) is 17.8. The van der Waals surface area contributed by atoms with Crippen LogP contribution in [-0.2, 0) is 16.0 Å². The second-order valence-electron chi connectivity index (χ2n) is 5.54. The van der Waals surface area contributed by atoms with Crippen LogP contribution in [0.25, 0.3) is 11.3 Å². The molecular formula is C18H16FN3O3S. The van der Waals surface area contributed by atoms with Gasteiger partial charge in [-0.05, 0) is 30.3 Å². The molecule has 0 bridgehead atoms. The Morgan fingerprint density at radius 2 is 2.12 bits per heavy atom. The highest BCUT2D eigenvalue weighted by Crippen LogP contribution is 2.28. The van der Waals surface area contributed by atoms with Gasteiger partial charge in [0, 0.05) is 36.4 Å². The first-order valence-corrected chi connectivity index (χ1v) is 8.74. The lowest BCUT2D eigenvalue weighted by molar-refractivity contribution is -0.116. The van der Waals surface area contributed by atoms with Gasteiger partial charge in [0.25, 0.3) is 0 Å². The average Bonchev–Trinajstić information content (AvgIpc) is 3.24. The number of thiazole rings is 1. The van der Waals surface area contributed by atoms with Gasteiger partial charge >= 0.3 is 0 Å². The van der Waals surface area contributed by atoms with E-state index in [1.54, 1.807) is 23.8 Å². The van der Waals surface area contributed by atoms with Crippen molar-refractivity contribution in [3.63, 3.8) is 0 Å². The highest BCUT2D eigenvalue weighted by Gasteiger charge is 2.12. The molecule has 26 heavy (non-hydrogen) atoms. The van der Waals surface area contributed by atoms with Crippen molar-refractivity contribution in [2.75, 3.05) is 10.6 Å². The molecule has 2 aromatic heterocycles. The molecule has 0 aliphatic heterocycles. The van der Waals surface area contributed by atoms with E-state index in [1.807, 2.05) is 6.07 Å². The van der Waals surface area contributed by atoms with Crippen molar-refractivity contribution in [3.05, 3.63) is 53.6 Å². The number of benzene rings is 1. The van der Waals surface area contributed by atoms with Gasteiger partial charge in [-0.2, -0.15) is 0 Å². The van der Waals surface area contributed by atoms with Crippen molar-refractivity contribution in [1.82, 2.24) is 4.98 Å². The van der Waals surface area contributed by atoms with E-state index >= 15 is 0 Å². The summed E-state index contributed by atoms with van der Waals surface area (Å²) in [6.45, 7) is 1.35. The normalized spacial score (nSPS) is 10.5. The van der Waals surface area contributed by atoms with Crippen LogP contribution in [0.2, 0.25) is 0 Å². The van der Waals surface area contributed by atoms with Crippen LogP contribution in [0.5, 0.6) is 0 Å². The Morgan fingerprint density at radius 1 is 1.27 bits per heavy atom. The molecule has 0 aliphatic carbocycles. The van der Waals surface area contributed by atoms with Crippen molar-refractivity contribution in [1.29, 1.82) is 0 Å². The molecule has 2 N–H and O–H groups in total. The van der Waals surface area contributed by atoms with Crippen LogP contribution >= 0.6 is 11.3 Å². The maximum Gasteiger partial charge on any atom is 0.226 e. The van der Waals surface area contributed by atoms with Crippen LogP contribution in [0.1, 0.15) is 19.1 Å². The van der Waals surface area contributed by atoms with Gasteiger partial charge in [0.2, 0.25) is 11.8 Å². The SMILES string of the molecule is CC(=O)Nc1ccc(-c2csc(NC(=O)CCc3ccco3)n2)c(F)c1. The molecule has 0 unspecified atom stereocenters. The minimum absolute atomic E-state index is 0.191. The van der Waals surface area contributed by atoms with E-state index in [2.05, 4.69) is 15.6 Å². The maximum atomic E-state index is 14.3. The molecule has 8 heteroatoms. The molecular weight excluding hydrogens is 357 g/mol. The zero-order chi connectivity index (χ0) is 18.5. The summed E-state index contributed by atoms with van der Waals surface area (Å²) in [4.78, 5) is 27.2. The number of amides is 2. The molecule has 3 rings (SSSR count). The Hall–Kier alpha value is -3.00. The number of carbonyl (C=O) groups excluding carboxylic acids is 2.